The summed E-state index contributed by atoms with van der Waals surface area (Å²) in [4.78, 5) is 14.1. The van der Waals surface area contributed by atoms with Crippen molar-refractivity contribution in [1.29, 1.82) is 0 Å². The minimum atomic E-state index is -0.0506. The Morgan fingerprint density at radius 3 is 2.79 bits per heavy atom. The van der Waals surface area contributed by atoms with Crippen LogP contribution in [0.5, 0.6) is 5.75 Å². The fourth-order valence-electron chi connectivity index (χ4n) is 2.13. The summed E-state index contributed by atoms with van der Waals surface area (Å²) in [5.41, 5.74) is 0. The van der Waals surface area contributed by atoms with E-state index in [1.54, 1.807) is 0 Å². The first-order valence-corrected chi connectivity index (χ1v) is 7.29. The molecule has 19 heavy (non-hydrogen) atoms. The minimum Gasteiger partial charge on any atom is -0.483 e. The van der Waals surface area contributed by atoms with E-state index in [2.05, 4.69) is 33.2 Å². The van der Waals surface area contributed by atoms with Crippen LogP contribution in [0.2, 0.25) is 0 Å². The van der Waals surface area contributed by atoms with E-state index in [0.717, 1.165) is 30.4 Å². The predicted molar refractivity (Wildman–Crippen MR) is 78.3 cm³/mol. The Kier molecular flexibility index (Phi) is 5.22. The van der Waals surface area contributed by atoms with Gasteiger partial charge in [-0.3, -0.25) is 4.79 Å². The Labute approximate surface area is 122 Å². The third-order valence-corrected chi connectivity index (χ3v) is 3.93. The van der Waals surface area contributed by atoms with Gasteiger partial charge in [0.1, 0.15) is 5.75 Å². The number of nitrogens with one attached hydrogen (secondary N) is 1. The number of nitrogens with zero attached hydrogens (tertiary/aromatic N) is 1. The molecule has 0 saturated carbocycles. The smallest absolute Gasteiger partial charge is 0.258 e. The number of benzene rings is 1. The van der Waals surface area contributed by atoms with Crippen LogP contribution in [0.4, 0.5) is 0 Å². The van der Waals surface area contributed by atoms with Crippen LogP contribution in [-0.2, 0) is 4.79 Å². The molecule has 1 aromatic rings. The van der Waals surface area contributed by atoms with Crippen molar-refractivity contribution in [3.05, 3.63) is 28.7 Å². The van der Waals surface area contributed by atoms with Gasteiger partial charge in [0.25, 0.3) is 5.91 Å². The summed E-state index contributed by atoms with van der Waals surface area (Å²) in [6.45, 7) is 2.14. The van der Waals surface area contributed by atoms with Crippen LogP contribution in [0.15, 0.2) is 28.7 Å². The number of amides is 1. The van der Waals surface area contributed by atoms with Crippen LogP contribution in [0.25, 0.3) is 0 Å². The zero-order valence-electron chi connectivity index (χ0n) is 11.1. The SMILES string of the molecule is CN1CCC(NC(=O)COc2ccccc2Br)CC1. The highest BCUT2D eigenvalue weighted by Gasteiger charge is 2.18. The molecule has 0 bridgehead atoms. The van der Waals surface area contributed by atoms with E-state index in [4.69, 9.17) is 4.74 Å². The zero-order chi connectivity index (χ0) is 13.7. The lowest BCUT2D eigenvalue weighted by molar-refractivity contribution is -0.124. The summed E-state index contributed by atoms with van der Waals surface area (Å²) in [5, 5.41) is 3.02. The van der Waals surface area contributed by atoms with Crippen molar-refractivity contribution in [3.63, 3.8) is 0 Å². The summed E-state index contributed by atoms with van der Waals surface area (Å²) in [6.07, 6.45) is 2.02. The molecular formula is C14H19BrN2O2. The first-order chi connectivity index (χ1) is 9.15. The number of halogens is 1. The van der Waals surface area contributed by atoms with E-state index in [1.807, 2.05) is 24.3 Å². The molecule has 1 aliphatic rings. The number of para-hydroxylation sites is 1. The van der Waals surface area contributed by atoms with Gasteiger partial charge < -0.3 is 15.0 Å². The van der Waals surface area contributed by atoms with Gasteiger partial charge in [-0.25, -0.2) is 0 Å². The third-order valence-electron chi connectivity index (χ3n) is 3.28. The molecule has 1 fully saturated rings. The Morgan fingerprint density at radius 1 is 1.42 bits per heavy atom. The van der Waals surface area contributed by atoms with Gasteiger partial charge in [-0.15, -0.1) is 0 Å². The van der Waals surface area contributed by atoms with E-state index >= 15 is 0 Å². The quantitative estimate of drug-likeness (QED) is 0.920. The van der Waals surface area contributed by atoms with E-state index in [-0.39, 0.29) is 18.6 Å². The van der Waals surface area contributed by atoms with Gasteiger partial charge in [0.15, 0.2) is 6.61 Å². The molecule has 0 atom stereocenters. The Bertz CT molecular complexity index is 431. The monoisotopic (exact) mass is 326 g/mol. The standard InChI is InChI=1S/C14H19BrN2O2/c1-17-8-6-11(7-9-17)16-14(18)10-19-13-5-3-2-4-12(13)15/h2-5,11H,6-10H2,1H3,(H,16,18). The van der Waals surface area contributed by atoms with Crippen LogP contribution in [0, 0.1) is 0 Å². The van der Waals surface area contributed by atoms with E-state index in [9.17, 15) is 4.79 Å². The van der Waals surface area contributed by atoms with Gasteiger partial charge in [0.2, 0.25) is 0 Å². The molecule has 1 aromatic carbocycles. The Balaban J connectivity index is 1.74. The number of piperidine rings is 1. The molecule has 2 rings (SSSR count). The van der Waals surface area contributed by atoms with Crippen molar-refractivity contribution in [2.45, 2.75) is 18.9 Å². The van der Waals surface area contributed by atoms with Gasteiger partial charge in [0, 0.05) is 6.04 Å². The lowest BCUT2D eigenvalue weighted by atomic mass is 10.1. The molecule has 1 N–H and O–H groups in total. The van der Waals surface area contributed by atoms with Gasteiger partial charge >= 0.3 is 0 Å². The maximum Gasteiger partial charge on any atom is 0.258 e. The number of likely N-dealkylation sites (tertiary alicyclic amines) is 1. The first kappa shape index (κ1) is 14.3. The molecule has 0 aliphatic carbocycles. The van der Waals surface area contributed by atoms with Crippen LogP contribution in [0.3, 0.4) is 0 Å². The number of hydrogen-bond acceptors (Lipinski definition) is 3. The molecule has 1 saturated heterocycles. The number of hydrogen-bond donors (Lipinski definition) is 1. The van der Waals surface area contributed by atoms with Crippen molar-refractivity contribution < 1.29 is 9.53 Å². The Morgan fingerprint density at radius 2 is 2.11 bits per heavy atom. The maximum absolute atomic E-state index is 11.8. The molecule has 0 spiro atoms. The second-order valence-corrected chi connectivity index (χ2v) is 5.72. The minimum absolute atomic E-state index is 0.0506. The van der Waals surface area contributed by atoms with Crippen molar-refractivity contribution in [3.8, 4) is 5.75 Å². The topological polar surface area (TPSA) is 41.6 Å². The molecule has 104 valence electrons. The fraction of sp³-hybridized carbons (Fsp3) is 0.500. The zero-order valence-corrected chi connectivity index (χ0v) is 12.6. The molecule has 0 unspecified atom stereocenters. The summed E-state index contributed by atoms with van der Waals surface area (Å²) >= 11 is 3.39. The van der Waals surface area contributed by atoms with Gasteiger partial charge in [0.05, 0.1) is 4.47 Å². The third kappa shape index (κ3) is 4.51. The van der Waals surface area contributed by atoms with E-state index in [0.29, 0.717) is 5.75 Å². The Hall–Kier alpha value is -1.07. The van der Waals surface area contributed by atoms with Gasteiger partial charge in [-0.05, 0) is 61.0 Å². The second-order valence-electron chi connectivity index (χ2n) is 4.86. The van der Waals surface area contributed by atoms with Crippen LogP contribution < -0.4 is 10.1 Å². The van der Waals surface area contributed by atoms with E-state index < -0.39 is 0 Å². The molecule has 5 heteroatoms. The lowest BCUT2D eigenvalue weighted by Crippen LogP contribution is -2.44. The number of carbonyl (C=O) groups is 1. The molecule has 0 aromatic heterocycles. The fourth-order valence-corrected chi connectivity index (χ4v) is 2.53. The predicted octanol–water partition coefficient (Wildman–Crippen LogP) is 2.04. The maximum atomic E-state index is 11.8. The number of carbonyl (C=O) groups excluding carboxylic acids is 1. The summed E-state index contributed by atoms with van der Waals surface area (Å²) in [6, 6.07) is 7.81. The van der Waals surface area contributed by atoms with Crippen molar-refractivity contribution in [1.82, 2.24) is 10.2 Å². The molecule has 4 nitrogen and oxygen atoms in total. The molecule has 1 heterocycles. The first-order valence-electron chi connectivity index (χ1n) is 6.50. The molecule has 1 aliphatic heterocycles. The lowest BCUT2D eigenvalue weighted by Gasteiger charge is -2.29. The highest BCUT2D eigenvalue weighted by atomic mass is 79.9. The second kappa shape index (κ2) is 6.91. The molecule has 1 amide bonds. The summed E-state index contributed by atoms with van der Waals surface area (Å²) in [5.74, 6) is 0.645. The van der Waals surface area contributed by atoms with Gasteiger partial charge in [-0.2, -0.15) is 0 Å². The summed E-state index contributed by atoms with van der Waals surface area (Å²) < 4.78 is 6.35. The number of rotatable bonds is 4. The van der Waals surface area contributed by atoms with Crippen LogP contribution in [0.1, 0.15) is 12.8 Å². The largest absolute Gasteiger partial charge is 0.483 e. The average molecular weight is 327 g/mol. The average Bonchev–Trinajstić information content (AvgIpc) is 2.40. The highest BCUT2D eigenvalue weighted by Crippen LogP contribution is 2.23. The molecular weight excluding hydrogens is 308 g/mol. The van der Waals surface area contributed by atoms with Crippen molar-refractivity contribution in [2.75, 3.05) is 26.7 Å². The van der Waals surface area contributed by atoms with Crippen LogP contribution >= 0.6 is 15.9 Å². The summed E-state index contributed by atoms with van der Waals surface area (Å²) in [7, 11) is 2.11. The molecule has 0 radical (unpaired) electrons. The normalized spacial score (nSPS) is 17.2. The van der Waals surface area contributed by atoms with Gasteiger partial charge in [-0.1, -0.05) is 12.1 Å². The highest BCUT2D eigenvalue weighted by molar-refractivity contribution is 9.10. The number of ether oxygens (including phenoxy) is 1. The van der Waals surface area contributed by atoms with Crippen LogP contribution in [-0.4, -0.2) is 43.6 Å². The van der Waals surface area contributed by atoms with Crippen molar-refractivity contribution in [2.24, 2.45) is 0 Å². The van der Waals surface area contributed by atoms with Crippen molar-refractivity contribution >= 4 is 21.8 Å². The van der Waals surface area contributed by atoms with E-state index in [1.165, 1.54) is 0 Å².